The van der Waals surface area contributed by atoms with Gasteiger partial charge in [0.1, 0.15) is 0 Å². The van der Waals surface area contributed by atoms with Crippen LogP contribution >= 0.6 is 11.8 Å². The predicted octanol–water partition coefficient (Wildman–Crippen LogP) is 2.42. The fraction of sp³-hybridized carbons (Fsp3) is 0.867. The molecule has 21 heavy (non-hydrogen) atoms. The second-order valence-electron chi connectivity index (χ2n) is 4.65. The molecule has 0 atom stereocenters. The molecule has 0 heterocycles. The fourth-order valence-corrected chi connectivity index (χ4v) is 2.08. The molecule has 0 rings (SSSR count). The van der Waals surface area contributed by atoms with Gasteiger partial charge in [0.05, 0.1) is 6.61 Å². The van der Waals surface area contributed by atoms with E-state index in [4.69, 9.17) is 4.74 Å². The lowest BCUT2D eigenvalue weighted by molar-refractivity contribution is -0.143. The van der Waals surface area contributed by atoms with Gasteiger partial charge in [-0.1, -0.05) is 12.8 Å². The summed E-state index contributed by atoms with van der Waals surface area (Å²) in [7, 11) is 0. The fourth-order valence-electron chi connectivity index (χ4n) is 1.77. The van der Waals surface area contributed by atoms with Gasteiger partial charge in [0, 0.05) is 31.8 Å². The highest BCUT2D eigenvalue weighted by Gasteiger charge is 2.00. The Morgan fingerprint density at radius 2 is 1.90 bits per heavy atom. The van der Waals surface area contributed by atoms with Crippen molar-refractivity contribution < 1.29 is 9.53 Å². The molecule has 0 fully saturated rings. The Hall–Kier alpha value is -0.910. The first-order chi connectivity index (χ1) is 10.2. The van der Waals surface area contributed by atoms with Crippen LogP contribution in [0, 0.1) is 0 Å². The minimum Gasteiger partial charge on any atom is -0.466 e. The maximum absolute atomic E-state index is 11.2. The molecule has 0 aliphatic heterocycles. The molecule has 0 aromatic heterocycles. The number of carbonyl (C=O) groups is 1. The zero-order valence-corrected chi connectivity index (χ0v) is 14.6. The third kappa shape index (κ3) is 13.8. The van der Waals surface area contributed by atoms with Crippen LogP contribution in [0.2, 0.25) is 0 Å². The Kier molecular flexibility index (Phi) is 14.8. The Morgan fingerprint density at radius 1 is 1.14 bits per heavy atom. The summed E-state index contributed by atoms with van der Waals surface area (Å²) >= 11 is 1.82. The molecule has 0 saturated heterocycles. The molecule has 0 bridgehead atoms. The molecule has 0 spiro atoms. The topological polar surface area (TPSA) is 62.7 Å². The van der Waals surface area contributed by atoms with E-state index < -0.39 is 0 Å². The maximum Gasteiger partial charge on any atom is 0.305 e. The number of thioether (sulfide) groups is 1. The minimum absolute atomic E-state index is 0.0806. The Balaban J connectivity index is 3.62. The summed E-state index contributed by atoms with van der Waals surface area (Å²) in [4.78, 5) is 15.7. The van der Waals surface area contributed by atoms with Crippen LogP contribution in [-0.2, 0) is 9.53 Å². The summed E-state index contributed by atoms with van der Waals surface area (Å²) in [6.07, 6.45) is 6.77. The number of ether oxygens (including phenoxy) is 1. The molecule has 124 valence electrons. The lowest BCUT2D eigenvalue weighted by Gasteiger charge is -2.10. The van der Waals surface area contributed by atoms with Gasteiger partial charge >= 0.3 is 5.97 Å². The van der Waals surface area contributed by atoms with Crippen LogP contribution in [-0.4, -0.2) is 50.2 Å². The first-order valence-electron chi connectivity index (χ1n) is 7.91. The number of nitrogens with one attached hydrogen (secondary N) is 2. The highest BCUT2D eigenvalue weighted by molar-refractivity contribution is 7.98. The van der Waals surface area contributed by atoms with E-state index in [1.807, 2.05) is 18.7 Å². The lowest BCUT2D eigenvalue weighted by Crippen LogP contribution is -2.38. The van der Waals surface area contributed by atoms with Crippen LogP contribution in [0.5, 0.6) is 0 Å². The smallest absolute Gasteiger partial charge is 0.305 e. The molecule has 5 nitrogen and oxygen atoms in total. The van der Waals surface area contributed by atoms with Crippen molar-refractivity contribution in [3.63, 3.8) is 0 Å². The molecular formula is C15H31N3O2S. The van der Waals surface area contributed by atoms with Gasteiger partial charge in [0.25, 0.3) is 0 Å². The van der Waals surface area contributed by atoms with E-state index in [2.05, 4.69) is 28.8 Å². The highest BCUT2D eigenvalue weighted by atomic mass is 32.2. The molecule has 0 aliphatic rings. The Labute approximate surface area is 133 Å². The summed E-state index contributed by atoms with van der Waals surface area (Å²) < 4.78 is 4.90. The van der Waals surface area contributed by atoms with Crippen LogP contribution in [0.4, 0.5) is 0 Å². The molecule has 0 aliphatic carbocycles. The van der Waals surface area contributed by atoms with Crippen molar-refractivity contribution >= 4 is 23.7 Å². The Morgan fingerprint density at radius 3 is 2.57 bits per heavy atom. The number of hydrogen-bond acceptors (Lipinski definition) is 4. The van der Waals surface area contributed by atoms with Crippen molar-refractivity contribution in [2.75, 3.05) is 38.2 Å². The summed E-state index contributed by atoms with van der Waals surface area (Å²) in [5.74, 6) is 1.90. The second-order valence-corrected chi connectivity index (χ2v) is 5.64. The number of nitrogens with zero attached hydrogens (tertiary/aromatic N) is 1. The van der Waals surface area contributed by atoms with Gasteiger partial charge in [0.15, 0.2) is 5.96 Å². The van der Waals surface area contributed by atoms with Crippen molar-refractivity contribution in [3.8, 4) is 0 Å². The molecule has 0 aromatic carbocycles. The molecule has 0 aromatic rings. The van der Waals surface area contributed by atoms with Gasteiger partial charge in [-0.3, -0.25) is 9.79 Å². The molecule has 2 N–H and O–H groups in total. The van der Waals surface area contributed by atoms with E-state index in [9.17, 15) is 4.79 Å². The average Bonchev–Trinajstić information content (AvgIpc) is 2.46. The third-order valence-corrected chi connectivity index (χ3v) is 3.42. The van der Waals surface area contributed by atoms with E-state index in [1.54, 1.807) is 0 Å². The van der Waals surface area contributed by atoms with Crippen LogP contribution < -0.4 is 10.6 Å². The van der Waals surface area contributed by atoms with Crippen LogP contribution in [0.1, 0.15) is 46.0 Å². The van der Waals surface area contributed by atoms with Crippen molar-refractivity contribution in [3.05, 3.63) is 0 Å². The number of rotatable bonds is 12. The number of guanidine groups is 1. The van der Waals surface area contributed by atoms with Gasteiger partial charge in [0.2, 0.25) is 0 Å². The average molecular weight is 317 g/mol. The van der Waals surface area contributed by atoms with Gasteiger partial charge in [-0.15, -0.1) is 0 Å². The SMILES string of the molecule is CCNC(=NCCCCCCC(=O)OCC)NCCSC. The molecule has 0 amide bonds. The lowest BCUT2D eigenvalue weighted by atomic mass is 10.1. The summed E-state index contributed by atoms with van der Waals surface area (Å²) in [5.41, 5.74) is 0. The Bertz CT molecular complexity index is 286. The van der Waals surface area contributed by atoms with Crippen molar-refractivity contribution in [1.29, 1.82) is 0 Å². The second kappa shape index (κ2) is 15.5. The summed E-state index contributed by atoms with van der Waals surface area (Å²) in [6.45, 7) is 7.03. The molecule has 0 unspecified atom stereocenters. The van der Waals surface area contributed by atoms with Crippen LogP contribution in [0.25, 0.3) is 0 Å². The van der Waals surface area contributed by atoms with Gasteiger partial charge in [-0.2, -0.15) is 11.8 Å². The van der Waals surface area contributed by atoms with Gasteiger partial charge in [-0.25, -0.2) is 0 Å². The zero-order chi connectivity index (χ0) is 15.8. The zero-order valence-electron chi connectivity index (χ0n) is 13.7. The number of esters is 1. The monoisotopic (exact) mass is 317 g/mol. The molecular weight excluding hydrogens is 286 g/mol. The number of aliphatic imine (C=N–C) groups is 1. The predicted molar refractivity (Wildman–Crippen MR) is 92.1 cm³/mol. The van der Waals surface area contributed by atoms with Crippen LogP contribution in [0.3, 0.4) is 0 Å². The number of unbranched alkanes of at least 4 members (excludes halogenated alkanes) is 3. The normalized spacial score (nSPS) is 11.3. The molecule has 0 radical (unpaired) electrons. The van der Waals surface area contributed by atoms with E-state index in [0.717, 1.165) is 57.0 Å². The third-order valence-electron chi connectivity index (χ3n) is 2.81. The van der Waals surface area contributed by atoms with Crippen molar-refractivity contribution in [1.82, 2.24) is 10.6 Å². The largest absolute Gasteiger partial charge is 0.466 e. The first kappa shape index (κ1) is 20.1. The van der Waals surface area contributed by atoms with Crippen molar-refractivity contribution in [2.45, 2.75) is 46.0 Å². The van der Waals surface area contributed by atoms with E-state index in [1.165, 1.54) is 0 Å². The van der Waals surface area contributed by atoms with Gasteiger partial charge < -0.3 is 15.4 Å². The summed E-state index contributed by atoms with van der Waals surface area (Å²) in [6, 6.07) is 0. The molecule has 6 heteroatoms. The standard InChI is InChI=1S/C15H31N3O2S/c1-4-16-15(18-12-13-21-3)17-11-9-7-6-8-10-14(19)20-5-2/h4-13H2,1-3H3,(H2,16,17,18). The first-order valence-corrected chi connectivity index (χ1v) is 9.30. The van der Waals surface area contributed by atoms with E-state index in [-0.39, 0.29) is 5.97 Å². The molecule has 0 saturated carbocycles. The van der Waals surface area contributed by atoms with E-state index >= 15 is 0 Å². The summed E-state index contributed by atoms with van der Waals surface area (Å²) in [5, 5.41) is 6.55. The highest BCUT2D eigenvalue weighted by Crippen LogP contribution is 2.04. The maximum atomic E-state index is 11.2. The quantitative estimate of drug-likeness (QED) is 0.250. The van der Waals surface area contributed by atoms with E-state index in [0.29, 0.717) is 13.0 Å². The number of carbonyl (C=O) groups excluding carboxylic acids is 1. The number of hydrogen-bond donors (Lipinski definition) is 2. The van der Waals surface area contributed by atoms with Gasteiger partial charge in [-0.05, 0) is 32.9 Å². The van der Waals surface area contributed by atoms with Crippen molar-refractivity contribution in [2.24, 2.45) is 4.99 Å². The minimum atomic E-state index is -0.0806. The van der Waals surface area contributed by atoms with Crippen LogP contribution in [0.15, 0.2) is 4.99 Å².